The first-order valence-electron chi connectivity index (χ1n) is 5.67. The molecule has 0 atom stereocenters. The average Bonchev–Trinajstić information content (AvgIpc) is 2.19. The Kier molecular flexibility index (Phi) is 5.71. The van der Waals surface area contributed by atoms with Crippen LogP contribution in [-0.2, 0) is 0 Å². The Labute approximate surface area is 99.1 Å². The highest BCUT2D eigenvalue weighted by Crippen LogP contribution is 2.31. The molecule has 0 bridgehead atoms. The summed E-state index contributed by atoms with van der Waals surface area (Å²) < 4.78 is 0.274. The van der Waals surface area contributed by atoms with Gasteiger partial charge in [-0.2, -0.15) is 11.8 Å². The zero-order valence-electron chi connectivity index (χ0n) is 11.1. The molecule has 0 fully saturated rings. The maximum absolute atomic E-state index is 5.96. The molecule has 0 aromatic carbocycles. The van der Waals surface area contributed by atoms with Gasteiger partial charge in [0.1, 0.15) is 0 Å². The van der Waals surface area contributed by atoms with E-state index in [-0.39, 0.29) is 10.2 Å². The fraction of sp³-hybridized carbons (Fsp3) is 0.917. The fourth-order valence-corrected chi connectivity index (χ4v) is 2.06. The number of aliphatic imine (C=N–C) groups is 1. The Hall–Kier alpha value is -0.180. The van der Waals surface area contributed by atoms with Crippen LogP contribution in [0.4, 0.5) is 0 Å². The van der Waals surface area contributed by atoms with Gasteiger partial charge in [0.2, 0.25) is 0 Å². The molecule has 0 radical (unpaired) electrons. The van der Waals surface area contributed by atoms with Crippen LogP contribution in [0.1, 0.15) is 47.5 Å². The van der Waals surface area contributed by atoms with E-state index in [0.29, 0.717) is 0 Å². The molecule has 0 heterocycles. The Morgan fingerprint density at radius 3 is 1.93 bits per heavy atom. The summed E-state index contributed by atoms with van der Waals surface area (Å²) >= 11 is 1.91. The van der Waals surface area contributed by atoms with Gasteiger partial charge in [-0.15, -0.1) is 0 Å². The van der Waals surface area contributed by atoms with Crippen LogP contribution in [0.5, 0.6) is 0 Å². The number of hydrogen-bond acceptors (Lipinski definition) is 2. The Bertz CT molecular complexity index is 204. The lowest BCUT2D eigenvalue weighted by Gasteiger charge is -2.28. The van der Waals surface area contributed by atoms with E-state index in [2.05, 4.69) is 45.9 Å². The molecule has 0 spiro atoms. The van der Waals surface area contributed by atoms with Gasteiger partial charge < -0.3 is 5.73 Å². The summed E-state index contributed by atoms with van der Waals surface area (Å²) in [7, 11) is 0. The van der Waals surface area contributed by atoms with Gasteiger partial charge in [0.15, 0.2) is 0 Å². The molecule has 2 N–H and O–H groups in total. The minimum atomic E-state index is -0.00830. The maximum atomic E-state index is 5.96. The highest BCUT2D eigenvalue weighted by Gasteiger charge is 2.25. The minimum Gasteiger partial charge on any atom is -0.387 e. The average molecular weight is 230 g/mol. The van der Waals surface area contributed by atoms with E-state index in [1.807, 2.05) is 11.8 Å². The SMILES string of the molecule is CCC(CC)(CN=C(N)C(C)(C)C)SC. The van der Waals surface area contributed by atoms with Crippen LogP contribution >= 0.6 is 11.8 Å². The second-order valence-electron chi connectivity index (χ2n) is 5.05. The summed E-state index contributed by atoms with van der Waals surface area (Å²) in [5.74, 6) is 0.767. The standard InChI is InChI=1S/C12H26N2S/c1-7-12(8-2,15-6)9-14-10(13)11(3,4)5/h7-9H2,1-6H3,(H2,13,14). The highest BCUT2D eigenvalue weighted by atomic mass is 32.2. The number of amidine groups is 1. The summed E-state index contributed by atoms with van der Waals surface area (Å²) in [5, 5.41) is 0. The van der Waals surface area contributed by atoms with Crippen molar-refractivity contribution in [2.75, 3.05) is 12.8 Å². The second-order valence-corrected chi connectivity index (χ2v) is 6.32. The predicted molar refractivity (Wildman–Crippen MR) is 72.8 cm³/mol. The van der Waals surface area contributed by atoms with Gasteiger partial charge in [-0.3, -0.25) is 4.99 Å². The Morgan fingerprint density at radius 2 is 1.67 bits per heavy atom. The first kappa shape index (κ1) is 14.8. The van der Waals surface area contributed by atoms with Crippen LogP contribution in [0.3, 0.4) is 0 Å². The van der Waals surface area contributed by atoms with Crippen molar-refractivity contribution in [3.8, 4) is 0 Å². The van der Waals surface area contributed by atoms with Gasteiger partial charge in [-0.05, 0) is 19.1 Å². The molecular formula is C12H26N2S. The molecule has 2 nitrogen and oxygen atoms in total. The molecule has 15 heavy (non-hydrogen) atoms. The summed E-state index contributed by atoms with van der Waals surface area (Å²) in [6.07, 6.45) is 4.45. The molecule has 0 aliphatic carbocycles. The van der Waals surface area contributed by atoms with E-state index in [9.17, 15) is 0 Å². The first-order valence-corrected chi connectivity index (χ1v) is 6.89. The first-order chi connectivity index (χ1) is 6.81. The van der Waals surface area contributed by atoms with Crippen molar-refractivity contribution in [2.45, 2.75) is 52.2 Å². The number of rotatable bonds is 5. The smallest absolute Gasteiger partial charge is 0.0991 e. The molecule has 0 aliphatic rings. The lowest BCUT2D eigenvalue weighted by atomic mass is 9.95. The second kappa shape index (κ2) is 5.78. The maximum Gasteiger partial charge on any atom is 0.0991 e. The highest BCUT2D eigenvalue weighted by molar-refractivity contribution is 8.00. The molecule has 0 saturated carbocycles. The van der Waals surface area contributed by atoms with E-state index in [1.165, 1.54) is 0 Å². The quantitative estimate of drug-likeness (QED) is 0.581. The van der Waals surface area contributed by atoms with Crippen molar-refractivity contribution < 1.29 is 0 Å². The minimum absolute atomic E-state index is 0.00830. The predicted octanol–water partition coefficient (Wildman–Crippen LogP) is 3.31. The van der Waals surface area contributed by atoms with Crippen molar-refractivity contribution in [3.63, 3.8) is 0 Å². The monoisotopic (exact) mass is 230 g/mol. The van der Waals surface area contributed by atoms with Crippen LogP contribution in [0.15, 0.2) is 4.99 Å². The summed E-state index contributed by atoms with van der Waals surface area (Å²) in [5.41, 5.74) is 5.95. The van der Waals surface area contributed by atoms with Crippen LogP contribution in [0, 0.1) is 5.41 Å². The number of nitrogens with two attached hydrogens (primary N) is 1. The molecular weight excluding hydrogens is 204 g/mol. The normalized spacial score (nSPS) is 14.4. The van der Waals surface area contributed by atoms with Gasteiger partial charge in [0, 0.05) is 10.2 Å². The zero-order chi connectivity index (χ0) is 12.1. The number of nitrogens with zero attached hydrogens (tertiary/aromatic N) is 1. The Morgan fingerprint density at radius 1 is 1.20 bits per heavy atom. The third-order valence-electron chi connectivity index (χ3n) is 3.03. The molecule has 0 amide bonds. The number of hydrogen-bond donors (Lipinski definition) is 1. The van der Waals surface area contributed by atoms with Gasteiger partial charge >= 0.3 is 0 Å². The van der Waals surface area contributed by atoms with Crippen molar-refractivity contribution >= 4 is 17.6 Å². The van der Waals surface area contributed by atoms with Gasteiger partial charge in [-0.1, -0.05) is 34.6 Å². The third-order valence-corrected chi connectivity index (χ3v) is 4.60. The molecule has 3 heteroatoms. The van der Waals surface area contributed by atoms with Crippen LogP contribution < -0.4 is 5.73 Å². The van der Waals surface area contributed by atoms with Crippen LogP contribution in [0.25, 0.3) is 0 Å². The molecule has 0 unspecified atom stereocenters. The van der Waals surface area contributed by atoms with Crippen molar-refractivity contribution in [3.05, 3.63) is 0 Å². The fourth-order valence-electron chi connectivity index (χ4n) is 1.29. The molecule has 0 aliphatic heterocycles. The lowest BCUT2D eigenvalue weighted by Crippen LogP contribution is -2.33. The van der Waals surface area contributed by atoms with Crippen LogP contribution in [-0.4, -0.2) is 23.4 Å². The van der Waals surface area contributed by atoms with E-state index in [1.54, 1.807) is 0 Å². The van der Waals surface area contributed by atoms with Crippen LogP contribution in [0.2, 0.25) is 0 Å². The van der Waals surface area contributed by atoms with E-state index in [0.717, 1.165) is 25.2 Å². The number of thioether (sulfide) groups is 1. The van der Waals surface area contributed by atoms with E-state index in [4.69, 9.17) is 5.73 Å². The molecule has 0 rings (SSSR count). The molecule has 0 aromatic heterocycles. The van der Waals surface area contributed by atoms with Gasteiger partial charge in [0.25, 0.3) is 0 Å². The van der Waals surface area contributed by atoms with E-state index >= 15 is 0 Å². The van der Waals surface area contributed by atoms with E-state index < -0.39 is 0 Å². The summed E-state index contributed by atoms with van der Waals surface area (Å²) in [6, 6.07) is 0. The topological polar surface area (TPSA) is 38.4 Å². The molecule has 0 saturated heterocycles. The largest absolute Gasteiger partial charge is 0.387 e. The lowest BCUT2D eigenvalue weighted by molar-refractivity contribution is 0.543. The summed E-state index contributed by atoms with van der Waals surface area (Å²) in [4.78, 5) is 4.55. The zero-order valence-corrected chi connectivity index (χ0v) is 11.9. The van der Waals surface area contributed by atoms with Crippen molar-refractivity contribution in [1.82, 2.24) is 0 Å². The third kappa shape index (κ3) is 4.45. The van der Waals surface area contributed by atoms with Gasteiger partial charge in [-0.25, -0.2) is 0 Å². The molecule has 90 valence electrons. The van der Waals surface area contributed by atoms with Gasteiger partial charge in [0.05, 0.1) is 12.4 Å². The van der Waals surface area contributed by atoms with Crippen molar-refractivity contribution in [2.24, 2.45) is 16.1 Å². The van der Waals surface area contributed by atoms with Crippen molar-refractivity contribution in [1.29, 1.82) is 0 Å². The summed E-state index contributed by atoms with van der Waals surface area (Å²) in [6.45, 7) is 11.6. The molecule has 0 aromatic rings. The Balaban J connectivity index is 4.58.